The molecule has 1 aliphatic rings. The summed E-state index contributed by atoms with van der Waals surface area (Å²) in [7, 11) is 0. The Morgan fingerprint density at radius 1 is 1.25 bits per heavy atom. The fourth-order valence-corrected chi connectivity index (χ4v) is 5.12. The van der Waals surface area contributed by atoms with E-state index in [4.69, 9.17) is 28.9 Å². The van der Waals surface area contributed by atoms with E-state index in [0.29, 0.717) is 23.1 Å². The first kappa shape index (κ1) is 18.1. The Morgan fingerprint density at radius 2 is 1.96 bits per heavy atom. The van der Waals surface area contributed by atoms with Crippen LogP contribution in [0.2, 0.25) is 10.0 Å². The van der Waals surface area contributed by atoms with Gasteiger partial charge in [-0.05, 0) is 44.0 Å². The van der Waals surface area contributed by atoms with Gasteiger partial charge in [0.05, 0.1) is 19.1 Å². The second kappa shape index (κ2) is 7.26. The monoisotopic (exact) mass is 400 g/mol. The van der Waals surface area contributed by atoms with Crippen LogP contribution in [0.25, 0.3) is 0 Å². The summed E-state index contributed by atoms with van der Waals surface area (Å²) in [6.45, 7) is 3.47. The highest BCUT2D eigenvalue weighted by Gasteiger charge is 2.29. The van der Waals surface area contributed by atoms with Gasteiger partial charge < -0.3 is 10.6 Å². The van der Waals surface area contributed by atoms with Gasteiger partial charge in [0, 0.05) is 23.5 Å². The fraction of sp³-hybridized carbons (Fsp3) is 0.353. The average Bonchev–Trinajstić information content (AvgIpc) is 3.00. The molecule has 0 aliphatic carbocycles. The Labute approximate surface area is 160 Å². The molecule has 0 unspecified atom stereocenters. The number of hydrogen-bond donors (Lipinski definition) is 1. The Kier molecular flexibility index (Phi) is 5.47. The number of carbonyl (C=O) groups is 1. The molecule has 1 aliphatic heterocycles. The lowest BCUT2D eigenvalue weighted by molar-refractivity contribution is 0.0686. The topological polar surface area (TPSA) is 46.3 Å². The lowest BCUT2D eigenvalue weighted by atomic mass is 9.91. The molecule has 24 heavy (non-hydrogen) atoms. The minimum atomic E-state index is -0.156. The third-order valence-electron chi connectivity index (χ3n) is 4.11. The number of likely N-dealkylation sites (tertiary alicyclic amines) is 1. The summed E-state index contributed by atoms with van der Waals surface area (Å²) >= 11 is 15.3. The van der Waals surface area contributed by atoms with Crippen LogP contribution < -0.4 is 5.73 Å². The van der Waals surface area contributed by atoms with Crippen molar-refractivity contribution >= 4 is 52.2 Å². The molecular weight excluding hydrogens is 383 g/mol. The van der Waals surface area contributed by atoms with Crippen LogP contribution in [0.3, 0.4) is 0 Å². The number of amides is 1. The number of rotatable bonds is 3. The van der Waals surface area contributed by atoms with Gasteiger partial charge in [-0.15, -0.1) is 11.3 Å². The molecule has 0 spiro atoms. The summed E-state index contributed by atoms with van der Waals surface area (Å²) in [6, 6.07) is 9.39. The second-order valence-corrected chi connectivity index (χ2v) is 9.43. The van der Waals surface area contributed by atoms with E-state index < -0.39 is 0 Å². The van der Waals surface area contributed by atoms with Crippen LogP contribution in [0.15, 0.2) is 39.4 Å². The average molecular weight is 401 g/mol. The van der Waals surface area contributed by atoms with Gasteiger partial charge in [0.15, 0.2) is 0 Å². The molecule has 3 rings (SSSR count). The van der Waals surface area contributed by atoms with Gasteiger partial charge in [0.25, 0.3) is 5.91 Å². The molecule has 0 radical (unpaired) electrons. The summed E-state index contributed by atoms with van der Waals surface area (Å²) in [5, 5.41) is 1.08. The third-order valence-corrected chi connectivity index (χ3v) is 7.31. The minimum absolute atomic E-state index is 0.0829. The SMILES string of the molecule is CC1(N)CCN(C(=O)c2ccc(Sc3cccc(Cl)c3Cl)s2)CC1. The molecule has 1 fully saturated rings. The van der Waals surface area contributed by atoms with Gasteiger partial charge in [0.1, 0.15) is 0 Å². The van der Waals surface area contributed by atoms with Crippen molar-refractivity contribution < 1.29 is 4.79 Å². The number of hydrogen-bond acceptors (Lipinski definition) is 4. The molecule has 1 amide bonds. The summed E-state index contributed by atoms with van der Waals surface area (Å²) in [5.41, 5.74) is 5.98. The van der Waals surface area contributed by atoms with E-state index in [2.05, 4.69) is 0 Å². The molecule has 0 saturated carbocycles. The molecule has 1 saturated heterocycles. The van der Waals surface area contributed by atoms with Crippen molar-refractivity contribution in [3.8, 4) is 0 Å². The zero-order valence-electron chi connectivity index (χ0n) is 13.2. The van der Waals surface area contributed by atoms with Crippen molar-refractivity contribution in [1.29, 1.82) is 0 Å². The van der Waals surface area contributed by atoms with Gasteiger partial charge in [-0.25, -0.2) is 0 Å². The highest BCUT2D eigenvalue weighted by molar-refractivity contribution is 8.01. The quantitative estimate of drug-likeness (QED) is 0.773. The van der Waals surface area contributed by atoms with Crippen LogP contribution in [0.4, 0.5) is 0 Å². The maximum Gasteiger partial charge on any atom is 0.263 e. The predicted molar refractivity (Wildman–Crippen MR) is 103 cm³/mol. The smallest absolute Gasteiger partial charge is 0.263 e. The highest BCUT2D eigenvalue weighted by atomic mass is 35.5. The highest BCUT2D eigenvalue weighted by Crippen LogP contribution is 2.40. The molecule has 1 aromatic heterocycles. The number of piperidine rings is 1. The molecule has 2 N–H and O–H groups in total. The molecule has 1 aromatic carbocycles. The number of nitrogens with two attached hydrogens (primary N) is 1. The van der Waals surface area contributed by atoms with Crippen LogP contribution >= 0.6 is 46.3 Å². The number of halogens is 2. The Morgan fingerprint density at radius 3 is 2.67 bits per heavy atom. The summed E-state index contributed by atoms with van der Waals surface area (Å²) in [5.74, 6) is 0.0829. The van der Waals surface area contributed by atoms with E-state index in [9.17, 15) is 4.79 Å². The number of carbonyl (C=O) groups excluding carboxylic acids is 1. The summed E-state index contributed by atoms with van der Waals surface area (Å²) in [4.78, 5) is 16.2. The van der Waals surface area contributed by atoms with Crippen LogP contribution in [0.5, 0.6) is 0 Å². The third kappa shape index (κ3) is 4.09. The van der Waals surface area contributed by atoms with Crippen LogP contribution in [0.1, 0.15) is 29.4 Å². The van der Waals surface area contributed by atoms with Crippen LogP contribution in [-0.2, 0) is 0 Å². The van der Waals surface area contributed by atoms with E-state index >= 15 is 0 Å². The first-order chi connectivity index (χ1) is 11.4. The zero-order chi connectivity index (χ0) is 17.3. The number of nitrogens with zero attached hydrogens (tertiary/aromatic N) is 1. The van der Waals surface area contributed by atoms with Gasteiger partial charge in [-0.3, -0.25) is 4.79 Å². The molecule has 2 heterocycles. The van der Waals surface area contributed by atoms with E-state index in [0.717, 1.165) is 26.8 Å². The zero-order valence-corrected chi connectivity index (χ0v) is 16.4. The Bertz CT molecular complexity index is 751. The van der Waals surface area contributed by atoms with Gasteiger partial charge in [-0.1, -0.05) is 41.0 Å². The molecule has 0 bridgehead atoms. The lowest BCUT2D eigenvalue weighted by Crippen LogP contribution is -2.49. The maximum absolute atomic E-state index is 12.6. The van der Waals surface area contributed by atoms with Crippen molar-refractivity contribution in [2.24, 2.45) is 5.73 Å². The normalized spacial score (nSPS) is 17.1. The van der Waals surface area contributed by atoms with Gasteiger partial charge in [0.2, 0.25) is 0 Å². The molecule has 2 aromatic rings. The Balaban J connectivity index is 1.69. The predicted octanol–water partition coefficient (Wildman–Crippen LogP) is 5.16. The molecule has 128 valence electrons. The van der Waals surface area contributed by atoms with Crippen molar-refractivity contribution in [2.75, 3.05) is 13.1 Å². The van der Waals surface area contributed by atoms with Gasteiger partial charge >= 0.3 is 0 Å². The van der Waals surface area contributed by atoms with Crippen molar-refractivity contribution in [2.45, 2.75) is 34.4 Å². The first-order valence-electron chi connectivity index (χ1n) is 7.66. The molecule has 0 atom stereocenters. The van der Waals surface area contributed by atoms with Crippen LogP contribution in [-0.4, -0.2) is 29.4 Å². The summed E-state index contributed by atoms with van der Waals surface area (Å²) in [6.07, 6.45) is 1.67. The van der Waals surface area contributed by atoms with Crippen molar-refractivity contribution in [3.63, 3.8) is 0 Å². The lowest BCUT2D eigenvalue weighted by Gasteiger charge is -2.36. The summed E-state index contributed by atoms with van der Waals surface area (Å²) < 4.78 is 1.02. The standard InChI is InChI=1S/C17H18Cl2N2OS2/c1-17(20)7-9-21(10-8-17)16(22)13-5-6-14(24-13)23-12-4-2-3-11(18)15(12)19/h2-6H,7-10,20H2,1H3. The maximum atomic E-state index is 12.6. The number of thiophene rings is 1. The largest absolute Gasteiger partial charge is 0.338 e. The second-order valence-electron chi connectivity index (χ2n) is 6.22. The fourth-order valence-electron chi connectivity index (χ4n) is 2.54. The van der Waals surface area contributed by atoms with E-state index in [1.54, 1.807) is 6.07 Å². The Hall–Kier alpha value is -0.720. The minimum Gasteiger partial charge on any atom is -0.338 e. The molecular formula is C17H18Cl2N2OS2. The van der Waals surface area contributed by atoms with E-state index in [-0.39, 0.29) is 11.4 Å². The molecule has 3 nitrogen and oxygen atoms in total. The van der Waals surface area contributed by atoms with E-state index in [1.807, 2.05) is 36.1 Å². The molecule has 7 heteroatoms. The van der Waals surface area contributed by atoms with Crippen molar-refractivity contribution in [1.82, 2.24) is 4.90 Å². The van der Waals surface area contributed by atoms with Gasteiger partial charge in [-0.2, -0.15) is 0 Å². The van der Waals surface area contributed by atoms with Crippen LogP contribution in [0, 0.1) is 0 Å². The van der Waals surface area contributed by atoms with E-state index in [1.165, 1.54) is 23.1 Å². The first-order valence-corrected chi connectivity index (χ1v) is 10.0. The van der Waals surface area contributed by atoms with Crippen molar-refractivity contribution in [3.05, 3.63) is 45.3 Å². The number of benzene rings is 1.